The van der Waals surface area contributed by atoms with Gasteiger partial charge < -0.3 is 5.32 Å². The lowest BCUT2D eigenvalue weighted by atomic mass is 10.2. The van der Waals surface area contributed by atoms with Crippen molar-refractivity contribution in [2.24, 2.45) is 0 Å². The summed E-state index contributed by atoms with van der Waals surface area (Å²) in [6.07, 6.45) is 1.78. The zero-order valence-electron chi connectivity index (χ0n) is 15.8. The molecule has 8 heteroatoms. The molecular formula is C21H19ClN4O2S. The van der Waals surface area contributed by atoms with Gasteiger partial charge in [0.2, 0.25) is 5.91 Å². The topological polar surface area (TPSA) is 87.8 Å². The summed E-state index contributed by atoms with van der Waals surface area (Å²) in [5, 5.41) is 13.4. The third-order valence-electron chi connectivity index (χ3n) is 4.27. The zero-order chi connectivity index (χ0) is 20.8. The van der Waals surface area contributed by atoms with Crippen LogP contribution in [0, 0.1) is 11.3 Å². The lowest BCUT2D eigenvalue weighted by Crippen LogP contribution is -2.24. The van der Waals surface area contributed by atoms with Gasteiger partial charge in [0, 0.05) is 11.6 Å². The summed E-state index contributed by atoms with van der Waals surface area (Å²) >= 11 is 7.15. The molecule has 3 rings (SSSR count). The third-order valence-corrected chi connectivity index (χ3v) is 5.48. The maximum Gasteiger partial charge on any atom is 0.262 e. The van der Waals surface area contributed by atoms with Gasteiger partial charge in [0.25, 0.3) is 5.56 Å². The third kappa shape index (κ3) is 4.97. The molecule has 3 aromatic rings. The van der Waals surface area contributed by atoms with Gasteiger partial charge in [-0.25, -0.2) is 4.98 Å². The van der Waals surface area contributed by atoms with Crippen molar-refractivity contribution in [2.75, 3.05) is 11.1 Å². The van der Waals surface area contributed by atoms with Crippen molar-refractivity contribution in [1.82, 2.24) is 9.55 Å². The minimum absolute atomic E-state index is 0.0499. The number of hydrogen-bond acceptors (Lipinski definition) is 5. The molecule has 1 N–H and O–H groups in total. The highest BCUT2D eigenvalue weighted by atomic mass is 35.5. The van der Waals surface area contributed by atoms with Crippen molar-refractivity contribution >= 4 is 45.9 Å². The number of nitriles is 1. The Morgan fingerprint density at radius 3 is 2.86 bits per heavy atom. The van der Waals surface area contributed by atoms with E-state index in [2.05, 4.69) is 17.2 Å². The molecule has 148 valence electrons. The molecule has 29 heavy (non-hydrogen) atoms. The van der Waals surface area contributed by atoms with Gasteiger partial charge in [0.05, 0.1) is 27.9 Å². The van der Waals surface area contributed by atoms with E-state index in [1.807, 2.05) is 18.2 Å². The number of para-hydroxylation sites is 1. The number of anilines is 1. The standard InChI is InChI=1S/C21H19ClN4O2S/c1-2-3-10-26-20(28)16-6-4-5-7-17(16)25-21(26)29-13-19(27)24-18-11-15(22)9-8-14(18)12-23/h4-9,11H,2-3,10,13H2,1H3,(H,24,27). The molecule has 1 amide bonds. The Morgan fingerprint density at radius 1 is 1.31 bits per heavy atom. The normalized spacial score (nSPS) is 10.7. The molecule has 0 bridgehead atoms. The second kappa shape index (κ2) is 9.59. The van der Waals surface area contributed by atoms with Crippen LogP contribution < -0.4 is 10.9 Å². The first-order chi connectivity index (χ1) is 14.0. The quantitative estimate of drug-likeness (QED) is 0.445. The molecule has 6 nitrogen and oxygen atoms in total. The molecule has 0 unspecified atom stereocenters. The number of rotatable bonds is 7. The van der Waals surface area contributed by atoms with E-state index in [0.717, 1.165) is 12.8 Å². The second-order valence-electron chi connectivity index (χ2n) is 6.36. The molecular weight excluding hydrogens is 408 g/mol. The van der Waals surface area contributed by atoms with Crippen LogP contribution >= 0.6 is 23.4 Å². The van der Waals surface area contributed by atoms with Gasteiger partial charge >= 0.3 is 0 Å². The number of unbranched alkanes of at least 4 members (excludes halogenated alkanes) is 1. The van der Waals surface area contributed by atoms with Crippen LogP contribution in [0.15, 0.2) is 52.4 Å². The molecule has 0 saturated carbocycles. The Morgan fingerprint density at radius 2 is 2.10 bits per heavy atom. The number of hydrogen-bond donors (Lipinski definition) is 1. The average Bonchev–Trinajstić information content (AvgIpc) is 2.72. The van der Waals surface area contributed by atoms with Crippen LogP contribution in [-0.4, -0.2) is 21.2 Å². The fourth-order valence-corrected chi connectivity index (χ4v) is 3.80. The maximum absolute atomic E-state index is 12.9. The molecule has 0 aliphatic rings. The summed E-state index contributed by atoms with van der Waals surface area (Å²) in [4.78, 5) is 29.9. The molecule has 0 radical (unpaired) electrons. The summed E-state index contributed by atoms with van der Waals surface area (Å²) in [5.74, 6) is -0.257. The highest BCUT2D eigenvalue weighted by molar-refractivity contribution is 7.99. The molecule has 0 spiro atoms. The molecule has 0 atom stereocenters. The first-order valence-corrected chi connectivity index (χ1v) is 10.5. The summed E-state index contributed by atoms with van der Waals surface area (Å²) < 4.78 is 1.63. The largest absolute Gasteiger partial charge is 0.324 e. The molecule has 0 fully saturated rings. The second-order valence-corrected chi connectivity index (χ2v) is 7.74. The van der Waals surface area contributed by atoms with E-state index in [4.69, 9.17) is 11.6 Å². The highest BCUT2D eigenvalue weighted by Crippen LogP contribution is 2.22. The fourth-order valence-electron chi connectivity index (χ4n) is 2.81. The van der Waals surface area contributed by atoms with Crippen molar-refractivity contribution in [3.63, 3.8) is 0 Å². The summed E-state index contributed by atoms with van der Waals surface area (Å²) in [5.41, 5.74) is 1.19. The Labute approximate surface area is 177 Å². The number of thioether (sulfide) groups is 1. The number of aromatic nitrogens is 2. The first kappa shape index (κ1) is 20.9. The SMILES string of the molecule is CCCCn1c(SCC(=O)Nc2cc(Cl)ccc2C#N)nc2ccccc2c1=O. The van der Waals surface area contributed by atoms with Crippen molar-refractivity contribution in [2.45, 2.75) is 31.5 Å². The molecule has 0 aliphatic carbocycles. The highest BCUT2D eigenvalue weighted by Gasteiger charge is 2.14. The van der Waals surface area contributed by atoms with Gasteiger partial charge in [-0.2, -0.15) is 5.26 Å². The van der Waals surface area contributed by atoms with Crippen LogP contribution in [0.1, 0.15) is 25.3 Å². The minimum atomic E-state index is -0.307. The summed E-state index contributed by atoms with van der Waals surface area (Å²) in [6, 6.07) is 13.9. The Kier molecular flexibility index (Phi) is 6.91. The van der Waals surface area contributed by atoms with E-state index < -0.39 is 0 Å². The van der Waals surface area contributed by atoms with E-state index in [1.165, 1.54) is 17.8 Å². The molecule has 0 saturated heterocycles. The van der Waals surface area contributed by atoms with E-state index in [9.17, 15) is 14.9 Å². The van der Waals surface area contributed by atoms with E-state index >= 15 is 0 Å². The zero-order valence-corrected chi connectivity index (χ0v) is 17.4. The van der Waals surface area contributed by atoms with E-state index in [1.54, 1.807) is 28.8 Å². The summed E-state index contributed by atoms with van der Waals surface area (Å²) in [6.45, 7) is 2.60. The van der Waals surface area contributed by atoms with Gasteiger partial charge in [-0.1, -0.05) is 48.8 Å². The maximum atomic E-state index is 12.9. The molecule has 2 aromatic carbocycles. The first-order valence-electron chi connectivity index (χ1n) is 9.15. The number of fused-ring (bicyclic) bond motifs is 1. The molecule has 0 aliphatic heterocycles. The van der Waals surface area contributed by atoms with Gasteiger partial charge in [-0.15, -0.1) is 0 Å². The lowest BCUT2D eigenvalue weighted by molar-refractivity contribution is -0.113. The Bertz CT molecular complexity index is 1150. The van der Waals surface area contributed by atoms with Crippen molar-refractivity contribution < 1.29 is 4.79 Å². The number of nitrogens with one attached hydrogen (secondary N) is 1. The van der Waals surface area contributed by atoms with Crippen molar-refractivity contribution in [3.05, 3.63) is 63.4 Å². The Hall–Kier alpha value is -2.82. The number of amides is 1. The van der Waals surface area contributed by atoms with Crippen LogP contribution in [-0.2, 0) is 11.3 Å². The van der Waals surface area contributed by atoms with Gasteiger partial charge in [0.1, 0.15) is 6.07 Å². The van der Waals surface area contributed by atoms with Crippen LogP contribution in [0.2, 0.25) is 5.02 Å². The smallest absolute Gasteiger partial charge is 0.262 e. The monoisotopic (exact) mass is 426 g/mol. The Balaban J connectivity index is 1.82. The fraction of sp³-hybridized carbons (Fsp3) is 0.238. The van der Waals surface area contributed by atoms with Gasteiger partial charge in [-0.3, -0.25) is 14.2 Å². The number of carbonyl (C=O) groups excluding carboxylic acids is 1. The van der Waals surface area contributed by atoms with Gasteiger partial charge in [-0.05, 0) is 36.8 Å². The number of carbonyl (C=O) groups is 1. The lowest BCUT2D eigenvalue weighted by Gasteiger charge is -2.13. The number of benzene rings is 2. The predicted molar refractivity (Wildman–Crippen MR) is 116 cm³/mol. The van der Waals surface area contributed by atoms with Crippen molar-refractivity contribution in [1.29, 1.82) is 5.26 Å². The van der Waals surface area contributed by atoms with Crippen LogP contribution in [0.3, 0.4) is 0 Å². The molecule has 1 heterocycles. The van der Waals surface area contributed by atoms with Crippen LogP contribution in [0.5, 0.6) is 0 Å². The van der Waals surface area contributed by atoms with E-state index in [-0.39, 0.29) is 17.2 Å². The summed E-state index contributed by atoms with van der Waals surface area (Å²) in [7, 11) is 0. The van der Waals surface area contributed by atoms with Gasteiger partial charge in [0.15, 0.2) is 5.16 Å². The van der Waals surface area contributed by atoms with Crippen molar-refractivity contribution in [3.8, 4) is 6.07 Å². The predicted octanol–water partition coefficient (Wildman–Crippen LogP) is 4.45. The van der Waals surface area contributed by atoms with Crippen LogP contribution in [0.25, 0.3) is 10.9 Å². The minimum Gasteiger partial charge on any atom is -0.324 e. The van der Waals surface area contributed by atoms with E-state index in [0.29, 0.717) is 38.9 Å². The number of nitrogens with zero attached hydrogens (tertiary/aromatic N) is 3. The molecule has 1 aromatic heterocycles. The number of halogens is 1. The average molecular weight is 427 g/mol. The van der Waals surface area contributed by atoms with Crippen LogP contribution in [0.4, 0.5) is 5.69 Å².